The molecule has 0 unspecified atom stereocenters. The van der Waals surface area contributed by atoms with Crippen molar-refractivity contribution in [3.8, 4) is 10.4 Å². The summed E-state index contributed by atoms with van der Waals surface area (Å²) < 4.78 is 12.9. The van der Waals surface area contributed by atoms with Crippen molar-refractivity contribution >= 4 is 23.2 Å². The number of carbonyl (C=O) groups is 2. The van der Waals surface area contributed by atoms with E-state index in [0.717, 1.165) is 16.5 Å². The molecule has 3 aromatic rings. The average molecular weight is 358 g/mol. The zero-order valence-corrected chi connectivity index (χ0v) is 13.4. The number of hydrogen-bond donors (Lipinski definition) is 3. The van der Waals surface area contributed by atoms with Crippen LogP contribution >= 0.6 is 11.3 Å². The number of thiophene rings is 1. The van der Waals surface area contributed by atoms with E-state index in [1.807, 2.05) is 0 Å². The van der Waals surface area contributed by atoms with Crippen LogP contribution in [0.2, 0.25) is 0 Å². The first kappa shape index (κ1) is 16.5. The second kappa shape index (κ2) is 7.05. The number of benzene rings is 1. The molecule has 0 saturated heterocycles. The summed E-state index contributed by atoms with van der Waals surface area (Å²) in [7, 11) is 0. The molecule has 0 aliphatic carbocycles. The van der Waals surface area contributed by atoms with Gasteiger partial charge in [0.25, 0.3) is 17.4 Å². The van der Waals surface area contributed by atoms with Crippen molar-refractivity contribution in [3.05, 3.63) is 75.3 Å². The molecule has 0 radical (unpaired) electrons. The Morgan fingerprint density at radius 2 is 1.68 bits per heavy atom. The third-order valence-corrected chi connectivity index (χ3v) is 4.29. The number of aromatic nitrogens is 2. The summed E-state index contributed by atoms with van der Waals surface area (Å²) in [6.45, 7) is 0. The molecule has 3 rings (SSSR count). The molecule has 2 aromatic heterocycles. The average Bonchev–Trinajstić information content (AvgIpc) is 3.11. The third-order valence-electron chi connectivity index (χ3n) is 3.16. The van der Waals surface area contributed by atoms with Gasteiger partial charge in [0.2, 0.25) is 0 Å². The molecule has 0 fully saturated rings. The summed E-state index contributed by atoms with van der Waals surface area (Å²) in [6.07, 6.45) is 0. The maximum atomic E-state index is 12.9. The van der Waals surface area contributed by atoms with Gasteiger partial charge in [0.05, 0.1) is 4.88 Å². The molecule has 0 saturated carbocycles. The van der Waals surface area contributed by atoms with E-state index in [-0.39, 0.29) is 11.5 Å². The number of rotatable bonds is 3. The van der Waals surface area contributed by atoms with Gasteiger partial charge in [0.1, 0.15) is 5.82 Å². The predicted molar refractivity (Wildman–Crippen MR) is 89.5 cm³/mol. The van der Waals surface area contributed by atoms with Gasteiger partial charge in [-0.1, -0.05) is 12.1 Å². The largest absolute Gasteiger partial charge is 0.290 e. The fourth-order valence-electron chi connectivity index (χ4n) is 1.94. The van der Waals surface area contributed by atoms with E-state index in [1.54, 1.807) is 24.3 Å². The summed E-state index contributed by atoms with van der Waals surface area (Å²) >= 11 is 1.20. The van der Waals surface area contributed by atoms with E-state index >= 15 is 0 Å². The fraction of sp³-hybridized carbons (Fsp3) is 0. The van der Waals surface area contributed by atoms with Crippen molar-refractivity contribution in [1.82, 2.24) is 21.0 Å². The van der Waals surface area contributed by atoms with E-state index in [9.17, 15) is 18.8 Å². The van der Waals surface area contributed by atoms with Gasteiger partial charge in [-0.3, -0.25) is 25.2 Å². The minimum atomic E-state index is -0.667. The quantitative estimate of drug-likeness (QED) is 0.620. The van der Waals surface area contributed by atoms with Gasteiger partial charge in [0, 0.05) is 10.9 Å². The molecule has 0 spiro atoms. The van der Waals surface area contributed by atoms with Crippen molar-refractivity contribution in [2.75, 3.05) is 0 Å². The van der Waals surface area contributed by atoms with E-state index in [4.69, 9.17) is 0 Å². The van der Waals surface area contributed by atoms with Crippen molar-refractivity contribution in [1.29, 1.82) is 0 Å². The maximum absolute atomic E-state index is 12.9. The van der Waals surface area contributed by atoms with Gasteiger partial charge >= 0.3 is 0 Å². The second-order valence-electron chi connectivity index (χ2n) is 4.89. The number of amides is 2. The lowest BCUT2D eigenvalue weighted by atomic mass is 10.2. The number of halogens is 1. The first-order valence-electron chi connectivity index (χ1n) is 7.05. The van der Waals surface area contributed by atoms with Gasteiger partial charge in [-0.25, -0.2) is 9.49 Å². The van der Waals surface area contributed by atoms with E-state index in [2.05, 4.69) is 21.0 Å². The first-order chi connectivity index (χ1) is 12.0. The fourth-order valence-corrected chi connectivity index (χ4v) is 2.85. The number of hydrogen-bond acceptors (Lipinski definition) is 5. The number of carbonyl (C=O) groups excluding carboxylic acids is 2. The van der Waals surface area contributed by atoms with Gasteiger partial charge in [-0.15, -0.1) is 11.3 Å². The summed E-state index contributed by atoms with van der Waals surface area (Å²) in [4.78, 5) is 35.9. The number of nitrogens with one attached hydrogen (secondary N) is 3. The number of H-pyrrole nitrogens is 1. The van der Waals surface area contributed by atoms with E-state index < -0.39 is 17.4 Å². The maximum Gasteiger partial charge on any atom is 0.290 e. The van der Waals surface area contributed by atoms with Crippen LogP contribution < -0.4 is 16.4 Å². The van der Waals surface area contributed by atoms with Crippen molar-refractivity contribution < 1.29 is 14.0 Å². The second-order valence-corrected chi connectivity index (χ2v) is 5.97. The van der Waals surface area contributed by atoms with Crippen LogP contribution in [0.25, 0.3) is 10.4 Å². The molecule has 126 valence electrons. The van der Waals surface area contributed by atoms with Crippen molar-refractivity contribution in [2.45, 2.75) is 0 Å². The molecule has 25 heavy (non-hydrogen) atoms. The molecule has 2 heterocycles. The third kappa shape index (κ3) is 3.96. The summed E-state index contributed by atoms with van der Waals surface area (Å²) in [5, 5.41) is 5.67. The van der Waals surface area contributed by atoms with E-state index in [1.165, 1.54) is 29.5 Å². The highest BCUT2D eigenvalue weighted by Gasteiger charge is 2.13. The molecule has 0 aliphatic rings. The zero-order valence-electron chi connectivity index (χ0n) is 12.6. The molecule has 0 atom stereocenters. The van der Waals surface area contributed by atoms with Crippen LogP contribution in [0.3, 0.4) is 0 Å². The van der Waals surface area contributed by atoms with Gasteiger partial charge < -0.3 is 0 Å². The van der Waals surface area contributed by atoms with Crippen LogP contribution in [0.15, 0.2) is 53.3 Å². The van der Waals surface area contributed by atoms with Gasteiger partial charge in [0.15, 0.2) is 5.69 Å². The SMILES string of the molecule is O=C(NNC(=O)c1ccc(-c2ccc(F)cc2)s1)c1ccc(=O)[nH]n1. The molecular formula is C16H11FN4O3S. The lowest BCUT2D eigenvalue weighted by molar-refractivity contribution is 0.0845. The Hall–Kier alpha value is -3.33. The first-order valence-corrected chi connectivity index (χ1v) is 7.87. The molecule has 1 aromatic carbocycles. The summed E-state index contributed by atoms with van der Waals surface area (Å²) in [6, 6.07) is 11.6. The molecular weight excluding hydrogens is 347 g/mol. The van der Waals surface area contributed by atoms with Crippen LogP contribution in [-0.2, 0) is 0 Å². The standard InChI is InChI=1S/C16H11FN4O3S/c17-10-3-1-9(2-4-10)12-6-7-13(25-12)16(24)21-20-15(23)11-5-8-14(22)19-18-11/h1-8H,(H,19,22)(H,20,23)(H,21,24). The zero-order chi connectivity index (χ0) is 17.8. The van der Waals surface area contributed by atoms with E-state index in [0.29, 0.717) is 4.88 Å². The van der Waals surface area contributed by atoms with Crippen molar-refractivity contribution in [3.63, 3.8) is 0 Å². The van der Waals surface area contributed by atoms with Crippen molar-refractivity contribution in [2.24, 2.45) is 0 Å². The number of aromatic amines is 1. The smallest absolute Gasteiger partial charge is 0.268 e. The Morgan fingerprint density at radius 3 is 2.36 bits per heavy atom. The minimum Gasteiger partial charge on any atom is -0.268 e. The normalized spacial score (nSPS) is 10.3. The summed E-state index contributed by atoms with van der Waals surface area (Å²) in [5.41, 5.74) is 4.78. The molecule has 3 N–H and O–H groups in total. The molecule has 2 amide bonds. The monoisotopic (exact) mass is 358 g/mol. The van der Waals surface area contributed by atoms with Gasteiger partial charge in [-0.05, 0) is 35.9 Å². The highest BCUT2D eigenvalue weighted by Crippen LogP contribution is 2.28. The molecule has 0 bridgehead atoms. The molecule has 0 aliphatic heterocycles. The van der Waals surface area contributed by atoms with Crippen LogP contribution in [-0.4, -0.2) is 22.0 Å². The van der Waals surface area contributed by atoms with Crippen LogP contribution in [0.1, 0.15) is 20.2 Å². The Bertz CT molecular complexity index is 961. The molecule has 9 heteroatoms. The van der Waals surface area contributed by atoms with Crippen LogP contribution in [0.4, 0.5) is 4.39 Å². The highest BCUT2D eigenvalue weighted by molar-refractivity contribution is 7.17. The molecule has 7 nitrogen and oxygen atoms in total. The lowest BCUT2D eigenvalue weighted by Gasteiger charge is -2.05. The minimum absolute atomic E-state index is 0.0434. The Morgan fingerprint density at radius 1 is 0.960 bits per heavy atom. The topological polar surface area (TPSA) is 104 Å². The Labute approximate surface area is 144 Å². The van der Waals surface area contributed by atoms with Crippen LogP contribution in [0.5, 0.6) is 0 Å². The Kier molecular flexibility index (Phi) is 4.66. The van der Waals surface area contributed by atoms with Gasteiger partial charge in [-0.2, -0.15) is 5.10 Å². The van der Waals surface area contributed by atoms with Crippen LogP contribution in [0, 0.1) is 5.82 Å². The predicted octanol–water partition coefficient (Wildman–Crippen LogP) is 1.71. The highest BCUT2D eigenvalue weighted by atomic mass is 32.1. The lowest BCUT2D eigenvalue weighted by Crippen LogP contribution is -2.41. The Balaban J connectivity index is 1.64. The summed E-state index contributed by atoms with van der Waals surface area (Å²) in [5.74, 6) is -1.51. The number of nitrogens with zero attached hydrogens (tertiary/aromatic N) is 1. The number of hydrazine groups is 1.